The van der Waals surface area contributed by atoms with Gasteiger partial charge in [0.15, 0.2) is 0 Å². The number of benzene rings is 1. The van der Waals surface area contributed by atoms with Crippen molar-refractivity contribution in [1.29, 1.82) is 0 Å². The molecule has 2 unspecified atom stereocenters. The lowest BCUT2D eigenvalue weighted by atomic mass is 10.1. The van der Waals surface area contributed by atoms with Crippen LogP contribution in [0.25, 0.3) is 0 Å². The van der Waals surface area contributed by atoms with E-state index in [9.17, 15) is 4.79 Å². The quantitative estimate of drug-likeness (QED) is 0.397. The van der Waals surface area contributed by atoms with E-state index in [0.29, 0.717) is 5.92 Å². The first-order valence-electron chi connectivity index (χ1n) is 9.37. The summed E-state index contributed by atoms with van der Waals surface area (Å²) in [6.45, 7) is 8.52. The third kappa shape index (κ3) is 5.36. The van der Waals surface area contributed by atoms with Crippen LogP contribution < -0.4 is 10.3 Å². The van der Waals surface area contributed by atoms with Crippen LogP contribution in [0, 0.1) is 11.8 Å². The molecule has 2 atom stereocenters. The highest BCUT2D eigenvalue weighted by atomic mass is 16.2. The van der Waals surface area contributed by atoms with Gasteiger partial charge in [0.1, 0.15) is 0 Å². The second-order valence-electron chi connectivity index (χ2n) is 6.60. The molecule has 1 aromatic rings. The van der Waals surface area contributed by atoms with E-state index in [1.54, 1.807) is 6.21 Å². The lowest BCUT2D eigenvalue weighted by Crippen LogP contribution is -2.21. The molecule has 0 radical (unpaired) electrons. The Kier molecular flexibility index (Phi) is 7.29. The number of carbonyl (C=O) groups is 1. The molecule has 1 aliphatic carbocycles. The Bertz CT molecular complexity index is 534. The number of hydrazone groups is 1. The Balaban J connectivity index is 1.75. The predicted molar refractivity (Wildman–Crippen MR) is 101 cm³/mol. The number of anilines is 1. The number of amides is 1. The first-order chi connectivity index (χ1) is 11.7. The van der Waals surface area contributed by atoms with Crippen molar-refractivity contribution < 1.29 is 4.79 Å². The molecule has 0 heterocycles. The van der Waals surface area contributed by atoms with Gasteiger partial charge in [-0.05, 0) is 50.3 Å². The van der Waals surface area contributed by atoms with Gasteiger partial charge in [0.05, 0.1) is 6.21 Å². The van der Waals surface area contributed by atoms with E-state index in [-0.39, 0.29) is 11.8 Å². The minimum atomic E-state index is 0.0764. The zero-order chi connectivity index (χ0) is 17.4. The Morgan fingerprint density at radius 3 is 2.54 bits per heavy atom. The Hall–Kier alpha value is -1.84. The van der Waals surface area contributed by atoms with Crippen molar-refractivity contribution in [3.8, 4) is 0 Å². The van der Waals surface area contributed by atoms with Crippen LogP contribution in [-0.4, -0.2) is 25.2 Å². The Morgan fingerprint density at radius 1 is 1.21 bits per heavy atom. The first-order valence-corrected chi connectivity index (χ1v) is 9.37. The summed E-state index contributed by atoms with van der Waals surface area (Å²) < 4.78 is 0. The highest BCUT2D eigenvalue weighted by molar-refractivity contribution is 5.85. The highest BCUT2D eigenvalue weighted by Gasteiger charge is 2.41. The third-order valence-corrected chi connectivity index (χ3v) is 4.85. The number of hydrogen-bond donors (Lipinski definition) is 1. The number of rotatable bonds is 10. The van der Waals surface area contributed by atoms with Gasteiger partial charge in [0, 0.05) is 24.7 Å². The van der Waals surface area contributed by atoms with Gasteiger partial charge in [-0.1, -0.05) is 38.3 Å². The molecule has 132 valence electrons. The number of nitrogens with one attached hydrogen (secondary N) is 1. The Labute approximate surface area is 146 Å². The van der Waals surface area contributed by atoms with Crippen molar-refractivity contribution >= 4 is 17.8 Å². The fraction of sp³-hybridized carbons (Fsp3) is 0.600. The van der Waals surface area contributed by atoms with Gasteiger partial charge >= 0.3 is 0 Å². The van der Waals surface area contributed by atoms with Gasteiger partial charge < -0.3 is 4.90 Å². The molecule has 0 bridgehead atoms. The van der Waals surface area contributed by atoms with Crippen molar-refractivity contribution in [1.82, 2.24) is 5.43 Å². The molecular weight excluding hydrogens is 298 g/mol. The average molecular weight is 329 g/mol. The van der Waals surface area contributed by atoms with Crippen LogP contribution >= 0.6 is 0 Å². The maximum absolute atomic E-state index is 12.0. The molecule has 4 nitrogen and oxygen atoms in total. The molecule has 0 aliphatic heterocycles. The normalized spacial score (nSPS) is 19.5. The fourth-order valence-electron chi connectivity index (χ4n) is 3.16. The Morgan fingerprint density at radius 2 is 1.92 bits per heavy atom. The summed E-state index contributed by atoms with van der Waals surface area (Å²) in [6, 6.07) is 8.27. The second kappa shape index (κ2) is 9.45. The molecule has 1 amide bonds. The van der Waals surface area contributed by atoms with E-state index in [1.165, 1.54) is 31.4 Å². The molecule has 0 spiro atoms. The third-order valence-electron chi connectivity index (χ3n) is 4.85. The van der Waals surface area contributed by atoms with Crippen molar-refractivity contribution in [2.75, 3.05) is 18.0 Å². The van der Waals surface area contributed by atoms with Crippen molar-refractivity contribution in [3.63, 3.8) is 0 Å². The van der Waals surface area contributed by atoms with E-state index in [4.69, 9.17) is 0 Å². The van der Waals surface area contributed by atoms with Crippen LogP contribution in [0.1, 0.15) is 58.4 Å². The van der Waals surface area contributed by atoms with Crippen molar-refractivity contribution in [3.05, 3.63) is 29.8 Å². The average Bonchev–Trinajstić information content (AvgIpc) is 3.37. The lowest BCUT2D eigenvalue weighted by Gasteiger charge is -2.20. The van der Waals surface area contributed by atoms with Crippen molar-refractivity contribution in [2.24, 2.45) is 16.9 Å². The van der Waals surface area contributed by atoms with Gasteiger partial charge in [-0.2, -0.15) is 5.10 Å². The van der Waals surface area contributed by atoms with E-state index >= 15 is 0 Å². The van der Waals surface area contributed by atoms with E-state index in [2.05, 4.69) is 48.3 Å². The van der Waals surface area contributed by atoms with Crippen LogP contribution in [0.3, 0.4) is 0 Å². The van der Waals surface area contributed by atoms with E-state index in [1.807, 2.05) is 12.1 Å². The molecule has 0 aromatic heterocycles. The minimum absolute atomic E-state index is 0.0764. The largest absolute Gasteiger partial charge is 0.372 e. The first kappa shape index (κ1) is 18.5. The highest BCUT2D eigenvalue weighted by Crippen LogP contribution is 2.42. The van der Waals surface area contributed by atoms with Gasteiger partial charge in [-0.3, -0.25) is 4.79 Å². The maximum atomic E-state index is 12.0. The van der Waals surface area contributed by atoms with Crippen LogP contribution in [0.15, 0.2) is 29.4 Å². The molecule has 0 saturated heterocycles. The molecule has 4 heteroatoms. The summed E-state index contributed by atoms with van der Waals surface area (Å²) in [5.74, 6) is 0.844. The number of unbranched alkanes of at least 4 members (excludes halogenated alkanes) is 2. The molecule has 1 aromatic carbocycles. The minimum Gasteiger partial charge on any atom is -0.372 e. The van der Waals surface area contributed by atoms with Crippen LogP contribution in [0.5, 0.6) is 0 Å². The summed E-state index contributed by atoms with van der Waals surface area (Å²) in [4.78, 5) is 14.3. The summed E-state index contributed by atoms with van der Waals surface area (Å²) in [5, 5.41) is 4.11. The van der Waals surface area contributed by atoms with Crippen LogP contribution in [0.4, 0.5) is 5.69 Å². The van der Waals surface area contributed by atoms with Gasteiger partial charge in [-0.15, -0.1) is 0 Å². The number of nitrogens with zero attached hydrogens (tertiary/aromatic N) is 2. The zero-order valence-electron chi connectivity index (χ0n) is 15.3. The van der Waals surface area contributed by atoms with Gasteiger partial charge in [-0.25, -0.2) is 5.43 Å². The predicted octanol–water partition coefficient (Wildman–Crippen LogP) is 4.20. The summed E-state index contributed by atoms with van der Waals surface area (Å²) in [5.41, 5.74) is 4.91. The molecule has 1 N–H and O–H groups in total. The zero-order valence-corrected chi connectivity index (χ0v) is 15.3. The fourth-order valence-corrected chi connectivity index (χ4v) is 3.16. The van der Waals surface area contributed by atoms with Gasteiger partial charge in [0.2, 0.25) is 5.91 Å². The smallest absolute Gasteiger partial charge is 0.243 e. The summed E-state index contributed by atoms with van der Waals surface area (Å²) in [7, 11) is 0. The molecule has 2 rings (SSSR count). The second-order valence-corrected chi connectivity index (χ2v) is 6.60. The van der Waals surface area contributed by atoms with Crippen molar-refractivity contribution in [2.45, 2.75) is 52.9 Å². The number of hydrogen-bond acceptors (Lipinski definition) is 3. The molecule has 1 fully saturated rings. The SMILES string of the molecule is CCCCCC1CC1C(=O)NN=Cc1ccc(N(CC)CC)cc1. The summed E-state index contributed by atoms with van der Waals surface area (Å²) >= 11 is 0. The number of carbonyl (C=O) groups excluding carboxylic acids is 1. The standard InChI is InChI=1S/C20H31N3O/c1-4-7-8-9-17-14-19(17)20(24)22-21-15-16-10-12-18(13-11-16)23(5-2)6-3/h10-13,15,17,19H,4-9,14H2,1-3H3,(H,22,24). The van der Waals surface area contributed by atoms with Crippen LogP contribution in [0.2, 0.25) is 0 Å². The molecular formula is C20H31N3O. The maximum Gasteiger partial charge on any atom is 0.243 e. The molecule has 24 heavy (non-hydrogen) atoms. The monoisotopic (exact) mass is 329 g/mol. The van der Waals surface area contributed by atoms with E-state index < -0.39 is 0 Å². The van der Waals surface area contributed by atoms with Crippen LogP contribution in [-0.2, 0) is 4.79 Å². The summed E-state index contributed by atoms with van der Waals surface area (Å²) in [6.07, 6.45) is 7.69. The lowest BCUT2D eigenvalue weighted by molar-refractivity contribution is -0.122. The van der Waals surface area contributed by atoms with E-state index in [0.717, 1.165) is 25.1 Å². The topological polar surface area (TPSA) is 44.7 Å². The molecule has 1 aliphatic rings. The van der Waals surface area contributed by atoms with Gasteiger partial charge in [0.25, 0.3) is 0 Å². The molecule has 1 saturated carbocycles.